The van der Waals surface area contributed by atoms with Crippen molar-refractivity contribution in [2.45, 2.75) is 25.3 Å². The molecule has 2 aromatic carbocycles. The zero-order chi connectivity index (χ0) is 20.1. The lowest BCUT2D eigenvalue weighted by Gasteiger charge is -2.17. The number of ether oxygens (including phenoxy) is 1. The van der Waals surface area contributed by atoms with Gasteiger partial charge in [0.1, 0.15) is 5.75 Å². The van der Waals surface area contributed by atoms with Crippen LogP contribution in [0.2, 0.25) is 0 Å². The lowest BCUT2D eigenvalue weighted by Crippen LogP contribution is -2.34. The molecule has 2 atom stereocenters. The molecule has 1 aliphatic rings. The number of nitrogens with zero attached hydrogens (tertiary/aromatic N) is 1. The number of methoxy groups -OCH3 is 1. The van der Waals surface area contributed by atoms with Gasteiger partial charge in [-0.15, -0.1) is 0 Å². The van der Waals surface area contributed by atoms with Gasteiger partial charge in [0.15, 0.2) is 0 Å². The molecule has 1 fully saturated rings. The number of amides is 2. The number of aryl methyl sites for hydroxylation is 1. The Hall–Kier alpha value is -2.86. The first-order valence-electron chi connectivity index (χ1n) is 9.50. The number of hydrogen-bond acceptors (Lipinski definition) is 4. The van der Waals surface area contributed by atoms with Crippen LogP contribution in [0.25, 0.3) is 0 Å². The van der Waals surface area contributed by atoms with E-state index in [1.54, 1.807) is 24.1 Å². The average Bonchev–Trinajstić information content (AvgIpc) is 3.10. The Kier molecular flexibility index (Phi) is 6.31. The molecule has 1 saturated heterocycles. The number of carbonyl (C=O) groups excluding carboxylic acids is 2. The Labute approximate surface area is 165 Å². The molecule has 1 heterocycles. The van der Waals surface area contributed by atoms with Crippen LogP contribution in [0, 0.1) is 6.92 Å². The summed E-state index contributed by atoms with van der Waals surface area (Å²) >= 11 is 0. The molecule has 6 heteroatoms. The van der Waals surface area contributed by atoms with Gasteiger partial charge in [0.25, 0.3) is 5.91 Å². The molecule has 0 saturated carbocycles. The number of nitrogens with two attached hydrogens (primary N) is 1. The van der Waals surface area contributed by atoms with Crippen LogP contribution >= 0.6 is 0 Å². The van der Waals surface area contributed by atoms with E-state index in [0.717, 1.165) is 16.9 Å². The summed E-state index contributed by atoms with van der Waals surface area (Å²) < 4.78 is 5.19. The van der Waals surface area contributed by atoms with Gasteiger partial charge < -0.3 is 20.7 Å². The highest BCUT2D eigenvalue weighted by Crippen LogP contribution is 2.28. The van der Waals surface area contributed by atoms with Crippen LogP contribution in [0.3, 0.4) is 0 Å². The molecule has 3 N–H and O–H groups in total. The quantitative estimate of drug-likeness (QED) is 0.802. The Morgan fingerprint density at radius 2 is 1.79 bits per heavy atom. The highest BCUT2D eigenvalue weighted by Gasteiger charge is 2.33. The van der Waals surface area contributed by atoms with Gasteiger partial charge in [-0.25, -0.2) is 0 Å². The van der Waals surface area contributed by atoms with Crippen molar-refractivity contribution in [1.29, 1.82) is 0 Å². The van der Waals surface area contributed by atoms with E-state index in [2.05, 4.69) is 5.32 Å². The molecule has 0 radical (unpaired) electrons. The summed E-state index contributed by atoms with van der Waals surface area (Å²) in [6.07, 6.45) is 0.264. The van der Waals surface area contributed by atoms with Crippen LogP contribution in [0.1, 0.15) is 33.8 Å². The van der Waals surface area contributed by atoms with Crippen LogP contribution in [0.15, 0.2) is 48.5 Å². The summed E-state index contributed by atoms with van der Waals surface area (Å²) in [5, 5.41) is 2.81. The predicted molar refractivity (Wildman–Crippen MR) is 108 cm³/mol. The summed E-state index contributed by atoms with van der Waals surface area (Å²) in [4.78, 5) is 26.5. The minimum Gasteiger partial charge on any atom is -0.497 e. The highest BCUT2D eigenvalue weighted by atomic mass is 16.5. The fourth-order valence-electron chi connectivity index (χ4n) is 3.48. The highest BCUT2D eigenvalue weighted by molar-refractivity contribution is 5.94. The van der Waals surface area contributed by atoms with E-state index >= 15 is 0 Å². The standard InChI is InChI=1S/C22H27N3O3/c1-15-3-5-17(6-4-15)22(27)24-12-11-21(26)25-13-19(20(23)14-25)16-7-9-18(28-2)10-8-16/h3-10,19-20H,11-14,23H2,1-2H3,(H,24,27). The molecule has 1 aliphatic heterocycles. The van der Waals surface area contributed by atoms with Crippen molar-refractivity contribution >= 4 is 11.8 Å². The molecule has 6 nitrogen and oxygen atoms in total. The first-order chi connectivity index (χ1) is 13.5. The summed E-state index contributed by atoms with van der Waals surface area (Å²) in [7, 11) is 1.63. The van der Waals surface area contributed by atoms with E-state index in [1.807, 2.05) is 43.3 Å². The Morgan fingerprint density at radius 3 is 2.43 bits per heavy atom. The SMILES string of the molecule is COc1ccc(C2CN(C(=O)CCNC(=O)c3ccc(C)cc3)CC2N)cc1. The second kappa shape index (κ2) is 8.89. The van der Waals surface area contributed by atoms with Crippen molar-refractivity contribution in [3.05, 3.63) is 65.2 Å². The zero-order valence-electron chi connectivity index (χ0n) is 16.4. The molecule has 2 amide bonds. The van der Waals surface area contributed by atoms with Gasteiger partial charge in [-0.1, -0.05) is 29.8 Å². The van der Waals surface area contributed by atoms with Gasteiger partial charge >= 0.3 is 0 Å². The smallest absolute Gasteiger partial charge is 0.251 e. The number of rotatable bonds is 6. The van der Waals surface area contributed by atoms with E-state index in [4.69, 9.17) is 10.5 Å². The van der Waals surface area contributed by atoms with Crippen LogP contribution in [-0.2, 0) is 4.79 Å². The van der Waals surface area contributed by atoms with Crippen molar-refractivity contribution in [3.63, 3.8) is 0 Å². The second-order valence-electron chi connectivity index (χ2n) is 7.21. The van der Waals surface area contributed by atoms with Crippen LogP contribution < -0.4 is 15.8 Å². The molecule has 0 bridgehead atoms. The van der Waals surface area contributed by atoms with Crippen molar-refractivity contribution in [1.82, 2.24) is 10.2 Å². The van der Waals surface area contributed by atoms with Crippen molar-refractivity contribution in [2.75, 3.05) is 26.7 Å². The van der Waals surface area contributed by atoms with E-state index < -0.39 is 0 Å². The van der Waals surface area contributed by atoms with E-state index in [1.165, 1.54) is 0 Å². The minimum absolute atomic E-state index is 0.00988. The molecule has 2 unspecified atom stereocenters. The minimum atomic E-state index is -0.165. The molecular weight excluding hydrogens is 354 g/mol. The van der Waals surface area contributed by atoms with Gasteiger partial charge in [0, 0.05) is 43.6 Å². The number of hydrogen-bond donors (Lipinski definition) is 2. The lowest BCUT2D eigenvalue weighted by molar-refractivity contribution is -0.130. The van der Waals surface area contributed by atoms with Gasteiger partial charge in [-0.05, 0) is 36.8 Å². The van der Waals surface area contributed by atoms with Crippen molar-refractivity contribution in [3.8, 4) is 5.75 Å². The normalized spacial score (nSPS) is 18.8. The molecule has 0 aliphatic carbocycles. The third-order valence-corrected chi connectivity index (χ3v) is 5.20. The topological polar surface area (TPSA) is 84.7 Å². The summed E-state index contributed by atoms with van der Waals surface area (Å²) in [6.45, 7) is 3.41. The fourth-order valence-corrected chi connectivity index (χ4v) is 3.48. The fraction of sp³-hybridized carbons (Fsp3) is 0.364. The van der Waals surface area contributed by atoms with E-state index in [9.17, 15) is 9.59 Å². The predicted octanol–water partition coefficient (Wildman–Crippen LogP) is 2.08. The third-order valence-electron chi connectivity index (χ3n) is 5.20. The average molecular weight is 381 g/mol. The van der Waals surface area contributed by atoms with Crippen LogP contribution in [0.5, 0.6) is 5.75 Å². The molecule has 28 heavy (non-hydrogen) atoms. The lowest BCUT2D eigenvalue weighted by atomic mass is 9.95. The first-order valence-corrected chi connectivity index (χ1v) is 9.50. The number of benzene rings is 2. The maximum absolute atomic E-state index is 12.5. The van der Waals surface area contributed by atoms with Gasteiger partial charge in [0.2, 0.25) is 5.91 Å². The Morgan fingerprint density at radius 1 is 1.11 bits per heavy atom. The summed E-state index contributed by atoms with van der Waals surface area (Å²) in [5.74, 6) is 0.752. The van der Waals surface area contributed by atoms with Crippen molar-refractivity contribution < 1.29 is 14.3 Å². The first kappa shape index (κ1) is 19.9. The molecule has 2 aromatic rings. The summed E-state index contributed by atoms with van der Waals surface area (Å²) in [5.41, 5.74) is 9.09. The maximum atomic E-state index is 12.5. The Balaban J connectivity index is 1.49. The number of carbonyl (C=O) groups is 2. The van der Waals surface area contributed by atoms with Crippen molar-refractivity contribution in [2.24, 2.45) is 5.73 Å². The summed E-state index contributed by atoms with van der Waals surface area (Å²) in [6, 6.07) is 15.1. The second-order valence-corrected chi connectivity index (χ2v) is 7.21. The number of likely N-dealkylation sites (tertiary alicyclic amines) is 1. The zero-order valence-corrected chi connectivity index (χ0v) is 16.4. The largest absolute Gasteiger partial charge is 0.497 e. The Bertz CT molecular complexity index is 818. The molecule has 148 valence electrons. The maximum Gasteiger partial charge on any atom is 0.251 e. The van der Waals surface area contributed by atoms with Crippen LogP contribution in [-0.4, -0.2) is 49.5 Å². The van der Waals surface area contributed by atoms with Gasteiger partial charge in [-0.3, -0.25) is 9.59 Å². The van der Waals surface area contributed by atoms with E-state index in [0.29, 0.717) is 25.2 Å². The molecular formula is C22H27N3O3. The van der Waals surface area contributed by atoms with Crippen LogP contribution in [0.4, 0.5) is 0 Å². The molecule has 0 spiro atoms. The monoisotopic (exact) mass is 381 g/mol. The molecule has 3 rings (SSSR count). The number of nitrogens with one attached hydrogen (secondary N) is 1. The van der Waals surface area contributed by atoms with Gasteiger partial charge in [0.05, 0.1) is 7.11 Å². The third kappa shape index (κ3) is 4.70. The van der Waals surface area contributed by atoms with Gasteiger partial charge in [-0.2, -0.15) is 0 Å². The van der Waals surface area contributed by atoms with E-state index in [-0.39, 0.29) is 30.2 Å². The molecule has 0 aromatic heterocycles.